The van der Waals surface area contributed by atoms with Crippen LogP contribution in [0.25, 0.3) is 11.1 Å². The molecular weight excluding hydrogens is 283 g/mol. The van der Waals surface area contributed by atoms with Gasteiger partial charge < -0.3 is 5.11 Å². The molecule has 0 bridgehead atoms. The van der Waals surface area contributed by atoms with Crippen LogP contribution < -0.4 is 0 Å². The number of benzene rings is 1. The number of hydrogen-bond acceptors (Lipinski definition) is 2. The molecule has 1 saturated carbocycles. The molecule has 0 radical (unpaired) electrons. The first-order valence-electron chi connectivity index (χ1n) is 7.68. The second-order valence-electron chi connectivity index (χ2n) is 5.88. The number of carbonyl (C=O) groups is 1. The van der Waals surface area contributed by atoms with Gasteiger partial charge in [0, 0.05) is 11.8 Å². The van der Waals surface area contributed by atoms with Crippen LogP contribution in [-0.2, 0) is 11.2 Å². The fourth-order valence-corrected chi connectivity index (χ4v) is 3.09. The van der Waals surface area contributed by atoms with Gasteiger partial charge in [0.2, 0.25) is 0 Å². The topological polar surface area (TPSA) is 55.1 Å². The second kappa shape index (κ2) is 6.30. The van der Waals surface area contributed by atoms with Crippen molar-refractivity contribution in [3.8, 4) is 11.1 Å². The maximum absolute atomic E-state index is 13.7. The fourth-order valence-electron chi connectivity index (χ4n) is 3.09. The van der Waals surface area contributed by atoms with Crippen LogP contribution in [0, 0.1) is 5.82 Å². The Morgan fingerprint density at radius 3 is 2.77 bits per heavy atom. The van der Waals surface area contributed by atoms with Gasteiger partial charge in [-0.15, -0.1) is 0 Å². The highest BCUT2D eigenvalue weighted by Gasteiger charge is 2.17. The maximum Gasteiger partial charge on any atom is 0.307 e. The van der Waals surface area contributed by atoms with E-state index in [2.05, 4.69) is 5.10 Å². The van der Waals surface area contributed by atoms with Crippen LogP contribution in [0.2, 0.25) is 0 Å². The third-order valence-electron chi connectivity index (χ3n) is 4.27. The van der Waals surface area contributed by atoms with E-state index in [0.29, 0.717) is 6.04 Å². The van der Waals surface area contributed by atoms with Crippen LogP contribution in [0.5, 0.6) is 0 Å². The normalized spacial score (nSPS) is 15.9. The van der Waals surface area contributed by atoms with Crippen LogP contribution in [0.15, 0.2) is 30.6 Å². The molecule has 1 aliphatic carbocycles. The first-order valence-corrected chi connectivity index (χ1v) is 7.68. The summed E-state index contributed by atoms with van der Waals surface area (Å²) in [6.45, 7) is 0. The molecule has 0 aliphatic heterocycles. The predicted molar refractivity (Wildman–Crippen MR) is 81.1 cm³/mol. The largest absolute Gasteiger partial charge is 0.481 e. The Labute approximate surface area is 128 Å². The average molecular weight is 302 g/mol. The summed E-state index contributed by atoms with van der Waals surface area (Å²) in [4.78, 5) is 10.8. The zero-order chi connectivity index (χ0) is 15.5. The maximum atomic E-state index is 13.7. The molecule has 0 unspecified atom stereocenters. The Hall–Kier alpha value is -2.17. The van der Waals surface area contributed by atoms with Gasteiger partial charge in [0.05, 0.1) is 18.7 Å². The molecule has 0 saturated heterocycles. The Morgan fingerprint density at radius 2 is 2.05 bits per heavy atom. The standard InChI is InChI=1S/C17H19FN2O2/c18-16-7-6-12(8-13(16)9-17(21)22)14-10-19-20(11-14)15-4-2-1-3-5-15/h6-8,10-11,15H,1-5,9H2,(H,21,22). The first-order chi connectivity index (χ1) is 10.6. The smallest absolute Gasteiger partial charge is 0.307 e. The van der Waals surface area contributed by atoms with E-state index in [1.165, 1.54) is 25.3 Å². The van der Waals surface area contributed by atoms with Crippen LogP contribution in [0.1, 0.15) is 43.7 Å². The van der Waals surface area contributed by atoms with Crippen molar-refractivity contribution in [1.29, 1.82) is 0 Å². The van der Waals surface area contributed by atoms with Crippen LogP contribution in [0.4, 0.5) is 4.39 Å². The molecule has 1 aliphatic rings. The molecule has 1 N–H and O–H groups in total. The lowest BCUT2D eigenvalue weighted by molar-refractivity contribution is -0.136. The Balaban J connectivity index is 1.84. The van der Waals surface area contributed by atoms with Gasteiger partial charge in [-0.25, -0.2) is 4.39 Å². The van der Waals surface area contributed by atoms with Gasteiger partial charge in [-0.1, -0.05) is 25.3 Å². The quantitative estimate of drug-likeness (QED) is 0.934. The van der Waals surface area contributed by atoms with Crippen molar-refractivity contribution < 1.29 is 14.3 Å². The van der Waals surface area contributed by atoms with E-state index < -0.39 is 11.8 Å². The van der Waals surface area contributed by atoms with E-state index in [1.807, 2.05) is 10.9 Å². The molecule has 1 aromatic carbocycles. The zero-order valence-electron chi connectivity index (χ0n) is 12.3. The molecule has 0 spiro atoms. The Bertz CT molecular complexity index is 675. The third kappa shape index (κ3) is 3.18. The Morgan fingerprint density at radius 1 is 1.27 bits per heavy atom. The van der Waals surface area contributed by atoms with Crippen LogP contribution in [0.3, 0.4) is 0 Å². The highest BCUT2D eigenvalue weighted by atomic mass is 19.1. The molecule has 4 nitrogen and oxygen atoms in total. The summed E-state index contributed by atoms with van der Waals surface area (Å²) in [5, 5.41) is 13.3. The van der Waals surface area contributed by atoms with Crippen molar-refractivity contribution in [3.63, 3.8) is 0 Å². The Kier molecular flexibility index (Phi) is 4.22. The molecule has 5 heteroatoms. The van der Waals surface area contributed by atoms with Gasteiger partial charge in [-0.3, -0.25) is 9.48 Å². The SMILES string of the molecule is O=C(O)Cc1cc(-c2cnn(C3CCCCC3)c2)ccc1F. The van der Waals surface area contributed by atoms with Gasteiger partial charge >= 0.3 is 5.97 Å². The van der Waals surface area contributed by atoms with E-state index in [4.69, 9.17) is 5.11 Å². The first kappa shape index (κ1) is 14.8. The minimum absolute atomic E-state index is 0.204. The molecule has 0 atom stereocenters. The minimum atomic E-state index is -1.03. The van der Waals surface area contributed by atoms with Crippen LogP contribution in [-0.4, -0.2) is 20.9 Å². The molecular formula is C17H19FN2O2. The van der Waals surface area contributed by atoms with Gasteiger partial charge in [0.1, 0.15) is 5.82 Å². The van der Waals surface area contributed by atoms with E-state index in [9.17, 15) is 9.18 Å². The number of carboxylic acids is 1. The van der Waals surface area contributed by atoms with Crippen LogP contribution >= 0.6 is 0 Å². The molecule has 116 valence electrons. The number of rotatable bonds is 4. The number of carboxylic acid groups (broad SMARTS) is 1. The number of aliphatic carboxylic acids is 1. The van der Waals surface area contributed by atoms with E-state index in [-0.39, 0.29) is 12.0 Å². The summed E-state index contributed by atoms with van der Waals surface area (Å²) in [5.74, 6) is -1.51. The predicted octanol–water partition coefficient (Wildman–Crippen LogP) is 3.82. The highest BCUT2D eigenvalue weighted by Crippen LogP contribution is 2.29. The third-order valence-corrected chi connectivity index (χ3v) is 4.27. The molecule has 0 amide bonds. The van der Waals surface area contributed by atoms with Crippen molar-refractivity contribution in [2.75, 3.05) is 0 Å². The number of halogens is 1. The number of aromatic nitrogens is 2. The summed E-state index contributed by atoms with van der Waals surface area (Å²) in [5.41, 5.74) is 1.91. The number of hydrogen-bond donors (Lipinski definition) is 1. The van der Waals surface area contributed by atoms with Crippen molar-refractivity contribution in [2.24, 2.45) is 0 Å². The minimum Gasteiger partial charge on any atom is -0.481 e. The fraction of sp³-hybridized carbons (Fsp3) is 0.412. The molecule has 22 heavy (non-hydrogen) atoms. The molecule has 1 aromatic heterocycles. The average Bonchev–Trinajstić information content (AvgIpc) is 3.00. The summed E-state index contributed by atoms with van der Waals surface area (Å²) in [7, 11) is 0. The summed E-state index contributed by atoms with van der Waals surface area (Å²) in [6.07, 6.45) is 9.50. The van der Waals surface area contributed by atoms with Gasteiger partial charge in [0.15, 0.2) is 0 Å². The molecule has 1 heterocycles. The van der Waals surface area contributed by atoms with Crippen molar-refractivity contribution in [2.45, 2.75) is 44.6 Å². The monoisotopic (exact) mass is 302 g/mol. The lowest BCUT2D eigenvalue weighted by Gasteiger charge is -2.21. The number of nitrogens with zero attached hydrogens (tertiary/aromatic N) is 2. The summed E-state index contributed by atoms with van der Waals surface area (Å²) in [6, 6.07) is 5.04. The van der Waals surface area contributed by atoms with Gasteiger partial charge in [0.25, 0.3) is 0 Å². The lowest BCUT2D eigenvalue weighted by Crippen LogP contribution is -2.12. The van der Waals surface area contributed by atoms with E-state index in [1.54, 1.807) is 18.3 Å². The molecule has 2 aromatic rings. The van der Waals surface area contributed by atoms with E-state index >= 15 is 0 Å². The lowest BCUT2D eigenvalue weighted by atomic mass is 9.96. The summed E-state index contributed by atoms with van der Waals surface area (Å²) < 4.78 is 15.7. The molecule has 3 rings (SSSR count). The van der Waals surface area contributed by atoms with Crippen molar-refractivity contribution >= 4 is 5.97 Å². The molecule has 1 fully saturated rings. The van der Waals surface area contributed by atoms with Crippen molar-refractivity contribution in [1.82, 2.24) is 9.78 Å². The van der Waals surface area contributed by atoms with Gasteiger partial charge in [-0.05, 0) is 36.1 Å². The second-order valence-corrected chi connectivity index (χ2v) is 5.88. The highest BCUT2D eigenvalue weighted by molar-refractivity contribution is 5.72. The van der Waals surface area contributed by atoms with Crippen molar-refractivity contribution in [3.05, 3.63) is 42.0 Å². The summed E-state index contributed by atoms with van der Waals surface area (Å²) >= 11 is 0. The zero-order valence-corrected chi connectivity index (χ0v) is 12.3. The van der Waals surface area contributed by atoms with E-state index in [0.717, 1.165) is 24.0 Å². The van der Waals surface area contributed by atoms with Gasteiger partial charge in [-0.2, -0.15) is 5.10 Å².